The van der Waals surface area contributed by atoms with Gasteiger partial charge in [0.1, 0.15) is 5.69 Å². The van der Waals surface area contributed by atoms with Crippen molar-refractivity contribution >= 4 is 11.8 Å². The molecule has 0 saturated carbocycles. The molecule has 164 valence electrons. The molecule has 2 aromatic heterocycles. The smallest absolute Gasteiger partial charge is 0.269 e. The Morgan fingerprint density at radius 1 is 0.968 bits per heavy atom. The van der Waals surface area contributed by atoms with Gasteiger partial charge in [0.2, 0.25) is 5.91 Å². The van der Waals surface area contributed by atoms with E-state index in [4.69, 9.17) is 4.98 Å². The van der Waals surface area contributed by atoms with Crippen molar-refractivity contribution in [2.45, 2.75) is 44.6 Å². The first-order valence-electron chi connectivity index (χ1n) is 11.2. The van der Waals surface area contributed by atoms with E-state index in [1.165, 1.54) is 12.8 Å². The molecule has 0 spiro atoms. The van der Waals surface area contributed by atoms with E-state index in [0.717, 1.165) is 55.8 Å². The van der Waals surface area contributed by atoms with Crippen LogP contribution in [0.5, 0.6) is 0 Å². The number of amides is 2. The Balaban J connectivity index is 1.34. The average Bonchev–Trinajstić information content (AvgIpc) is 3.38. The first-order valence-corrected chi connectivity index (χ1v) is 11.2. The number of nitrogens with zero attached hydrogens (tertiary/aromatic N) is 4. The monoisotopic (exact) mass is 421 g/mol. The lowest BCUT2D eigenvalue weighted by Gasteiger charge is -2.35. The van der Waals surface area contributed by atoms with E-state index in [2.05, 4.69) is 34.3 Å². The maximum atomic E-state index is 12.9. The lowest BCUT2D eigenvalue weighted by atomic mass is 9.92. The highest BCUT2D eigenvalue weighted by Crippen LogP contribution is 2.29. The van der Waals surface area contributed by atoms with Crippen LogP contribution < -0.4 is 5.32 Å². The molecule has 7 heteroatoms. The second-order valence-electron chi connectivity index (χ2n) is 8.50. The Hall–Kier alpha value is -2.80. The van der Waals surface area contributed by atoms with Crippen LogP contribution in [0.1, 0.15) is 54.7 Å². The summed E-state index contributed by atoms with van der Waals surface area (Å²) in [5.41, 5.74) is 3.39. The van der Waals surface area contributed by atoms with Crippen LogP contribution in [0.2, 0.25) is 0 Å². The maximum absolute atomic E-state index is 12.9. The zero-order valence-electron chi connectivity index (χ0n) is 18.4. The van der Waals surface area contributed by atoms with Gasteiger partial charge in [-0.15, -0.1) is 0 Å². The predicted octanol–water partition coefficient (Wildman–Crippen LogP) is 2.69. The molecule has 1 N–H and O–H groups in total. The van der Waals surface area contributed by atoms with E-state index in [0.29, 0.717) is 11.6 Å². The van der Waals surface area contributed by atoms with E-state index in [-0.39, 0.29) is 17.9 Å². The van der Waals surface area contributed by atoms with Gasteiger partial charge in [-0.3, -0.25) is 24.5 Å². The molecule has 0 unspecified atom stereocenters. The third-order valence-corrected chi connectivity index (χ3v) is 6.61. The number of hydrogen-bond donors (Lipinski definition) is 1. The van der Waals surface area contributed by atoms with E-state index < -0.39 is 0 Å². The van der Waals surface area contributed by atoms with E-state index in [9.17, 15) is 9.59 Å². The van der Waals surface area contributed by atoms with E-state index in [1.54, 1.807) is 19.3 Å². The Bertz CT molecular complexity index is 899. The molecule has 0 radical (unpaired) electrons. The molecule has 1 atom stereocenters. The zero-order chi connectivity index (χ0) is 21.8. The van der Waals surface area contributed by atoms with Gasteiger partial charge in [-0.05, 0) is 57.8 Å². The molecular weight excluding hydrogens is 390 g/mol. The van der Waals surface area contributed by atoms with Crippen molar-refractivity contribution in [1.29, 1.82) is 0 Å². The Labute approximate surface area is 183 Å². The number of hydrogen-bond acceptors (Lipinski definition) is 5. The SMILES string of the molecule is CNC(=O)c1ccc(-c2ccc(C3CCN(C(=O)[C@H](C)N4CCCC4)CC3)nc2)cn1. The highest BCUT2D eigenvalue weighted by Gasteiger charge is 2.31. The van der Waals surface area contributed by atoms with Gasteiger partial charge in [-0.25, -0.2) is 0 Å². The summed E-state index contributed by atoms with van der Waals surface area (Å²) in [6, 6.07) is 7.75. The minimum Gasteiger partial charge on any atom is -0.354 e. The van der Waals surface area contributed by atoms with Gasteiger partial charge in [0.15, 0.2) is 0 Å². The molecule has 4 heterocycles. The first kappa shape index (κ1) is 21.4. The van der Waals surface area contributed by atoms with Gasteiger partial charge in [-0.1, -0.05) is 12.1 Å². The topological polar surface area (TPSA) is 78.4 Å². The maximum Gasteiger partial charge on any atom is 0.269 e. The number of aromatic nitrogens is 2. The molecule has 2 amide bonds. The predicted molar refractivity (Wildman–Crippen MR) is 120 cm³/mol. The fraction of sp³-hybridized carbons (Fsp3) is 0.500. The Morgan fingerprint density at radius 2 is 1.61 bits per heavy atom. The van der Waals surface area contributed by atoms with Crippen molar-refractivity contribution in [3.05, 3.63) is 48.0 Å². The van der Waals surface area contributed by atoms with Gasteiger partial charge in [0.05, 0.1) is 6.04 Å². The van der Waals surface area contributed by atoms with Crippen LogP contribution in [-0.4, -0.2) is 70.9 Å². The summed E-state index contributed by atoms with van der Waals surface area (Å²) in [4.78, 5) is 37.8. The molecule has 0 bridgehead atoms. The molecule has 0 aliphatic carbocycles. The summed E-state index contributed by atoms with van der Waals surface area (Å²) in [5, 5.41) is 2.57. The second kappa shape index (κ2) is 9.56. The van der Waals surface area contributed by atoms with Crippen LogP contribution in [0.15, 0.2) is 36.7 Å². The van der Waals surface area contributed by atoms with Crippen LogP contribution >= 0.6 is 0 Å². The van der Waals surface area contributed by atoms with Crippen LogP contribution in [0.25, 0.3) is 11.1 Å². The number of nitrogens with one attached hydrogen (secondary N) is 1. The highest BCUT2D eigenvalue weighted by atomic mass is 16.2. The molecule has 7 nitrogen and oxygen atoms in total. The quantitative estimate of drug-likeness (QED) is 0.803. The minimum atomic E-state index is -0.195. The molecule has 2 aromatic rings. The normalized spacial score (nSPS) is 18.7. The molecule has 2 saturated heterocycles. The van der Waals surface area contributed by atoms with Crippen LogP contribution in [0, 0.1) is 0 Å². The minimum absolute atomic E-state index is 0.000132. The second-order valence-corrected chi connectivity index (χ2v) is 8.50. The molecule has 0 aromatic carbocycles. The molecule has 2 aliphatic heterocycles. The fourth-order valence-electron chi connectivity index (χ4n) is 4.59. The van der Waals surface area contributed by atoms with Crippen LogP contribution in [-0.2, 0) is 4.79 Å². The van der Waals surface area contributed by atoms with Gasteiger partial charge >= 0.3 is 0 Å². The summed E-state index contributed by atoms with van der Waals surface area (Å²) in [5.74, 6) is 0.463. The Morgan fingerprint density at radius 3 is 2.16 bits per heavy atom. The van der Waals surface area contributed by atoms with E-state index in [1.807, 2.05) is 17.2 Å². The van der Waals surface area contributed by atoms with Gasteiger partial charge < -0.3 is 10.2 Å². The molecule has 4 rings (SSSR count). The lowest BCUT2D eigenvalue weighted by molar-refractivity contribution is -0.137. The molecule has 31 heavy (non-hydrogen) atoms. The molecule has 2 fully saturated rings. The number of carbonyl (C=O) groups excluding carboxylic acids is 2. The van der Waals surface area contributed by atoms with Gasteiger partial charge in [-0.2, -0.15) is 0 Å². The fourth-order valence-corrected chi connectivity index (χ4v) is 4.59. The lowest BCUT2D eigenvalue weighted by Crippen LogP contribution is -2.48. The van der Waals surface area contributed by atoms with Crippen molar-refractivity contribution in [3.8, 4) is 11.1 Å². The third-order valence-electron chi connectivity index (χ3n) is 6.61. The largest absolute Gasteiger partial charge is 0.354 e. The van der Waals surface area contributed by atoms with Crippen molar-refractivity contribution in [3.63, 3.8) is 0 Å². The van der Waals surface area contributed by atoms with Crippen LogP contribution in [0.3, 0.4) is 0 Å². The molecular formula is C24H31N5O2. The summed E-state index contributed by atoms with van der Waals surface area (Å²) in [6.45, 7) is 5.75. The van der Waals surface area contributed by atoms with Gasteiger partial charge in [0.25, 0.3) is 5.91 Å². The number of rotatable bonds is 5. The van der Waals surface area contributed by atoms with Crippen LogP contribution in [0.4, 0.5) is 0 Å². The Kier molecular flexibility index (Phi) is 6.61. The van der Waals surface area contributed by atoms with Crippen molar-refractivity contribution in [2.24, 2.45) is 0 Å². The highest BCUT2D eigenvalue weighted by molar-refractivity contribution is 5.92. The van der Waals surface area contributed by atoms with Crippen molar-refractivity contribution < 1.29 is 9.59 Å². The summed E-state index contributed by atoms with van der Waals surface area (Å²) >= 11 is 0. The van der Waals surface area contributed by atoms with E-state index >= 15 is 0 Å². The van der Waals surface area contributed by atoms with Gasteiger partial charge in [0, 0.05) is 55.3 Å². The number of likely N-dealkylation sites (tertiary alicyclic amines) is 2. The summed E-state index contributed by atoms with van der Waals surface area (Å²) in [6.07, 6.45) is 7.89. The zero-order valence-corrected chi connectivity index (χ0v) is 18.4. The first-order chi connectivity index (χ1) is 15.1. The molecule has 2 aliphatic rings. The summed E-state index contributed by atoms with van der Waals surface area (Å²) < 4.78 is 0. The number of carbonyl (C=O) groups is 2. The van der Waals surface area contributed by atoms with Crippen molar-refractivity contribution in [1.82, 2.24) is 25.1 Å². The van der Waals surface area contributed by atoms with Crippen molar-refractivity contribution in [2.75, 3.05) is 33.2 Å². The number of piperidine rings is 1. The average molecular weight is 422 g/mol. The number of pyridine rings is 2. The summed E-state index contributed by atoms with van der Waals surface area (Å²) in [7, 11) is 1.59. The standard InChI is InChI=1S/C24H31N5O2/c1-17(28-11-3-4-12-28)24(31)29-13-9-18(10-14-29)21-7-5-19(15-26-21)20-6-8-22(27-16-20)23(30)25-2/h5-8,15-18H,3-4,9-14H2,1-2H3,(H,25,30)/t17-/m0/s1. The third kappa shape index (κ3) is 4.77.